The zero-order chi connectivity index (χ0) is 11.8. The minimum Gasteiger partial charge on any atom is -0.294 e. The van der Waals surface area contributed by atoms with E-state index < -0.39 is 0 Å². The van der Waals surface area contributed by atoms with Crippen LogP contribution in [0, 0.1) is 11.3 Å². The molecule has 3 heteroatoms. The van der Waals surface area contributed by atoms with Crippen molar-refractivity contribution in [3.63, 3.8) is 0 Å². The molecule has 2 aromatic rings. The smallest absolute Gasteiger partial charge is 0.163 e. The number of hydrogen-bond acceptors (Lipinski definition) is 3. The molecule has 1 aromatic heterocycles. The fraction of sp³-hybridized carbons (Fsp3) is 0.143. The van der Waals surface area contributed by atoms with Crippen LogP contribution in [0.15, 0.2) is 30.3 Å². The first kappa shape index (κ1) is 10.2. The normalized spacial score (nSPS) is 13.5. The second-order valence-corrected chi connectivity index (χ2v) is 5.11. The molecular formula is C14H9NOS. The predicted molar refractivity (Wildman–Crippen MR) is 67.1 cm³/mol. The molecular weight excluding hydrogens is 230 g/mol. The molecule has 0 saturated carbocycles. The van der Waals surface area contributed by atoms with Crippen molar-refractivity contribution in [2.75, 3.05) is 0 Å². The number of Topliss-reactive ketones (excluding diaryl/α,β-unsaturated/α-hetero) is 1. The van der Waals surface area contributed by atoms with Gasteiger partial charge in [0.15, 0.2) is 5.78 Å². The van der Waals surface area contributed by atoms with Gasteiger partial charge in [0.2, 0.25) is 0 Å². The third-order valence-corrected chi connectivity index (χ3v) is 4.08. The number of fused-ring (bicyclic) bond motifs is 1. The van der Waals surface area contributed by atoms with Crippen LogP contribution < -0.4 is 0 Å². The summed E-state index contributed by atoms with van der Waals surface area (Å²) in [5.41, 5.74) is 3.11. The molecule has 0 saturated heterocycles. The molecule has 1 aromatic carbocycles. The highest BCUT2D eigenvalue weighted by molar-refractivity contribution is 7.16. The zero-order valence-electron chi connectivity index (χ0n) is 9.06. The molecule has 0 radical (unpaired) electrons. The molecule has 17 heavy (non-hydrogen) atoms. The van der Waals surface area contributed by atoms with Gasteiger partial charge in [-0.3, -0.25) is 4.79 Å². The minimum absolute atomic E-state index is 0.235. The van der Waals surface area contributed by atoms with E-state index in [4.69, 9.17) is 5.26 Å². The monoisotopic (exact) mass is 239 g/mol. The summed E-state index contributed by atoms with van der Waals surface area (Å²) in [6.45, 7) is 0. The van der Waals surface area contributed by atoms with Crippen LogP contribution >= 0.6 is 11.3 Å². The van der Waals surface area contributed by atoms with Crippen molar-refractivity contribution in [2.24, 2.45) is 0 Å². The number of carbonyl (C=O) groups excluding carboxylic acids is 1. The molecule has 0 aliphatic heterocycles. The van der Waals surface area contributed by atoms with Crippen LogP contribution in [-0.4, -0.2) is 5.78 Å². The van der Waals surface area contributed by atoms with Crippen LogP contribution in [0.25, 0.3) is 10.4 Å². The molecule has 1 aliphatic carbocycles. The van der Waals surface area contributed by atoms with Crippen molar-refractivity contribution in [3.8, 4) is 16.5 Å². The van der Waals surface area contributed by atoms with Gasteiger partial charge in [-0.2, -0.15) is 5.26 Å². The molecule has 3 rings (SSSR count). The maximum Gasteiger partial charge on any atom is 0.163 e. The second kappa shape index (κ2) is 3.83. The highest BCUT2D eigenvalue weighted by Gasteiger charge is 2.22. The zero-order valence-corrected chi connectivity index (χ0v) is 9.88. The van der Waals surface area contributed by atoms with Crippen molar-refractivity contribution >= 4 is 17.1 Å². The lowest BCUT2D eigenvalue weighted by Gasteiger charge is -2.04. The number of carbonyl (C=O) groups is 1. The van der Waals surface area contributed by atoms with Crippen LogP contribution in [0.3, 0.4) is 0 Å². The minimum atomic E-state index is 0.235. The molecule has 0 bridgehead atoms. The van der Waals surface area contributed by atoms with E-state index in [0.717, 1.165) is 28.0 Å². The standard InChI is InChI=1S/C14H9NOS/c15-8-9-4-7-14(17-9)12-3-1-2-11-10(12)5-6-13(11)16/h1-4,7H,5-6H2. The fourth-order valence-corrected chi connectivity index (χ4v) is 3.12. The molecule has 82 valence electrons. The van der Waals surface area contributed by atoms with Gasteiger partial charge in [0.1, 0.15) is 10.9 Å². The molecule has 0 spiro atoms. The van der Waals surface area contributed by atoms with Gasteiger partial charge in [0.25, 0.3) is 0 Å². The fourth-order valence-electron chi connectivity index (χ4n) is 2.26. The summed E-state index contributed by atoms with van der Waals surface area (Å²) in [6, 6.07) is 11.8. The largest absolute Gasteiger partial charge is 0.294 e. The second-order valence-electron chi connectivity index (χ2n) is 4.03. The summed E-state index contributed by atoms with van der Waals surface area (Å²) < 4.78 is 0. The molecule has 0 atom stereocenters. The van der Waals surface area contributed by atoms with Gasteiger partial charge < -0.3 is 0 Å². The van der Waals surface area contributed by atoms with Crippen LogP contribution in [0.4, 0.5) is 0 Å². The Morgan fingerprint density at radius 2 is 1.94 bits per heavy atom. The SMILES string of the molecule is N#Cc1ccc(-c2cccc3c2CCC3=O)s1. The van der Waals surface area contributed by atoms with Crippen LogP contribution in [0.5, 0.6) is 0 Å². The van der Waals surface area contributed by atoms with Crippen molar-refractivity contribution in [1.82, 2.24) is 0 Å². The first-order valence-electron chi connectivity index (χ1n) is 5.45. The van der Waals surface area contributed by atoms with Crippen molar-refractivity contribution in [3.05, 3.63) is 46.3 Å². The first-order chi connectivity index (χ1) is 8.29. The van der Waals surface area contributed by atoms with Crippen molar-refractivity contribution in [2.45, 2.75) is 12.8 Å². The molecule has 0 fully saturated rings. The number of rotatable bonds is 1. The van der Waals surface area contributed by atoms with E-state index in [1.807, 2.05) is 30.3 Å². The number of nitrogens with zero attached hydrogens (tertiary/aromatic N) is 1. The summed E-state index contributed by atoms with van der Waals surface area (Å²) in [7, 11) is 0. The quantitative estimate of drug-likeness (QED) is 0.765. The lowest BCUT2D eigenvalue weighted by atomic mass is 10.0. The lowest BCUT2D eigenvalue weighted by Crippen LogP contribution is -1.91. The van der Waals surface area contributed by atoms with Gasteiger partial charge in [-0.15, -0.1) is 11.3 Å². The van der Waals surface area contributed by atoms with Crippen molar-refractivity contribution in [1.29, 1.82) is 5.26 Å². The lowest BCUT2D eigenvalue weighted by molar-refractivity contribution is 0.0994. The number of thiophene rings is 1. The average Bonchev–Trinajstić information content (AvgIpc) is 2.96. The third-order valence-electron chi connectivity index (χ3n) is 3.06. The topological polar surface area (TPSA) is 40.9 Å². The van der Waals surface area contributed by atoms with Crippen LogP contribution in [0.1, 0.15) is 27.2 Å². The first-order valence-corrected chi connectivity index (χ1v) is 6.26. The van der Waals surface area contributed by atoms with Gasteiger partial charge in [0, 0.05) is 16.9 Å². The maximum absolute atomic E-state index is 11.7. The average molecular weight is 239 g/mol. The van der Waals surface area contributed by atoms with Crippen molar-refractivity contribution < 1.29 is 4.79 Å². The molecule has 1 aliphatic rings. The van der Waals surface area contributed by atoms with Gasteiger partial charge in [-0.1, -0.05) is 18.2 Å². The molecule has 1 heterocycles. The summed E-state index contributed by atoms with van der Waals surface area (Å²) in [5, 5.41) is 8.84. The number of benzene rings is 1. The summed E-state index contributed by atoms with van der Waals surface area (Å²) in [6.07, 6.45) is 1.44. The molecule has 0 amide bonds. The van der Waals surface area contributed by atoms with E-state index >= 15 is 0 Å². The van der Waals surface area contributed by atoms with E-state index in [-0.39, 0.29) is 5.78 Å². The molecule has 2 nitrogen and oxygen atoms in total. The van der Waals surface area contributed by atoms with Crippen LogP contribution in [0.2, 0.25) is 0 Å². The number of ketones is 1. The Bertz CT molecular complexity index is 648. The van der Waals surface area contributed by atoms with Gasteiger partial charge in [-0.25, -0.2) is 0 Å². The van der Waals surface area contributed by atoms with Crippen LogP contribution in [-0.2, 0) is 6.42 Å². The van der Waals surface area contributed by atoms with Gasteiger partial charge in [0.05, 0.1) is 0 Å². The van der Waals surface area contributed by atoms with Gasteiger partial charge >= 0.3 is 0 Å². The molecule has 0 N–H and O–H groups in total. The van der Waals surface area contributed by atoms with E-state index in [1.54, 1.807) is 0 Å². The Morgan fingerprint density at radius 1 is 1.12 bits per heavy atom. The van der Waals surface area contributed by atoms with E-state index in [0.29, 0.717) is 11.3 Å². The summed E-state index contributed by atoms with van der Waals surface area (Å²) in [5.74, 6) is 0.235. The summed E-state index contributed by atoms with van der Waals surface area (Å²) >= 11 is 1.48. The Labute approximate surface area is 103 Å². The highest BCUT2D eigenvalue weighted by Crippen LogP contribution is 2.35. The molecule has 0 unspecified atom stereocenters. The third kappa shape index (κ3) is 1.58. The van der Waals surface area contributed by atoms with E-state index in [2.05, 4.69) is 6.07 Å². The van der Waals surface area contributed by atoms with E-state index in [9.17, 15) is 4.79 Å². The Balaban J connectivity index is 2.17. The van der Waals surface area contributed by atoms with Gasteiger partial charge in [-0.05, 0) is 29.7 Å². The highest BCUT2D eigenvalue weighted by atomic mass is 32.1. The summed E-state index contributed by atoms with van der Waals surface area (Å²) in [4.78, 5) is 13.4. The number of nitriles is 1. The Morgan fingerprint density at radius 3 is 2.71 bits per heavy atom. The van der Waals surface area contributed by atoms with E-state index in [1.165, 1.54) is 11.3 Å². The predicted octanol–water partition coefficient (Wildman–Crippen LogP) is 3.42. The Hall–Kier alpha value is -1.92. The Kier molecular flexibility index (Phi) is 2.31. The number of hydrogen-bond donors (Lipinski definition) is 0. The maximum atomic E-state index is 11.7.